The van der Waals surface area contributed by atoms with Crippen molar-refractivity contribution in [1.82, 2.24) is 9.80 Å². The number of hydrogen-bond acceptors (Lipinski definition) is 4. The van der Waals surface area contributed by atoms with Crippen LogP contribution in [-0.2, 0) is 11.3 Å². The summed E-state index contributed by atoms with van der Waals surface area (Å²) < 4.78 is 25.5. The molecular formula is C34H39ClFN3O4. The Balaban J connectivity index is 1.28. The number of fused-ring (bicyclic) bond motifs is 1. The normalized spacial score (nSPS) is 17.0. The SMILES string of the molecule is Cc1cc(Oc2cc(Cl)ccc2CN(C)C(=O)N2CC(C3CCN(C(=O)OC(C)(C)C)CC3)c3ccccc32)ccc1F. The summed E-state index contributed by atoms with van der Waals surface area (Å²) in [6, 6.07) is 17.9. The van der Waals surface area contributed by atoms with Crippen molar-refractivity contribution in [2.45, 2.75) is 58.6 Å². The van der Waals surface area contributed by atoms with Crippen LogP contribution in [0, 0.1) is 18.7 Å². The van der Waals surface area contributed by atoms with E-state index in [4.69, 9.17) is 21.1 Å². The van der Waals surface area contributed by atoms with E-state index >= 15 is 0 Å². The molecular weight excluding hydrogens is 569 g/mol. The lowest BCUT2D eigenvalue weighted by atomic mass is 9.81. The highest BCUT2D eigenvalue weighted by Crippen LogP contribution is 2.44. The molecule has 1 atom stereocenters. The van der Waals surface area contributed by atoms with Crippen molar-refractivity contribution >= 4 is 29.4 Å². The van der Waals surface area contributed by atoms with Crippen LogP contribution in [0.1, 0.15) is 56.2 Å². The molecule has 228 valence electrons. The molecule has 0 bridgehead atoms. The first-order valence-electron chi connectivity index (χ1n) is 14.7. The molecule has 0 spiro atoms. The third-order valence-corrected chi connectivity index (χ3v) is 8.35. The van der Waals surface area contributed by atoms with E-state index in [1.54, 1.807) is 48.0 Å². The Hall–Kier alpha value is -3.78. The minimum atomic E-state index is -0.524. The molecule has 2 aliphatic heterocycles. The standard InChI is InChI=1S/C34H39ClFN3O4/c1-22-18-26(12-13-29(22)36)42-31-19-25(35)11-10-24(31)20-37(5)32(40)39-21-28(27-8-6-7-9-30(27)39)23-14-16-38(17-15-23)33(41)43-34(2,3)4/h6-13,18-19,23,28H,14-17,20-21H2,1-5H3. The van der Waals surface area contributed by atoms with Gasteiger partial charge < -0.3 is 19.3 Å². The van der Waals surface area contributed by atoms with Crippen molar-refractivity contribution in [3.05, 3.63) is 88.2 Å². The number of carbonyl (C=O) groups is 2. The quantitative estimate of drug-likeness (QED) is 0.292. The number of anilines is 1. The highest BCUT2D eigenvalue weighted by Gasteiger charge is 2.39. The molecule has 9 heteroatoms. The molecule has 2 aliphatic rings. The predicted octanol–water partition coefficient (Wildman–Crippen LogP) is 8.38. The zero-order chi connectivity index (χ0) is 30.9. The lowest BCUT2D eigenvalue weighted by Crippen LogP contribution is -2.44. The number of urea groups is 1. The van der Waals surface area contributed by atoms with Gasteiger partial charge in [-0.25, -0.2) is 14.0 Å². The van der Waals surface area contributed by atoms with Gasteiger partial charge in [-0.05, 0) is 94.0 Å². The van der Waals surface area contributed by atoms with Crippen LogP contribution >= 0.6 is 11.6 Å². The average Bonchev–Trinajstić information content (AvgIpc) is 3.35. The molecule has 0 N–H and O–H groups in total. The van der Waals surface area contributed by atoms with Crippen molar-refractivity contribution in [3.8, 4) is 11.5 Å². The second kappa shape index (κ2) is 12.4. The minimum Gasteiger partial charge on any atom is -0.457 e. The van der Waals surface area contributed by atoms with Gasteiger partial charge >= 0.3 is 12.1 Å². The Morgan fingerprint density at radius 2 is 1.77 bits per heavy atom. The number of aryl methyl sites for hydroxylation is 1. The molecule has 43 heavy (non-hydrogen) atoms. The summed E-state index contributed by atoms with van der Waals surface area (Å²) in [5.41, 5.74) is 2.83. The van der Waals surface area contributed by atoms with Gasteiger partial charge in [0.2, 0.25) is 0 Å². The highest BCUT2D eigenvalue weighted by molar-refractivity contribution is 6.30. The van der Waals surface area contributed by atoms with E-state index in [0.29, 0.717) is 54.2 Å². The maximum absolute atomic E-state index is 13.9. The highest BCUT2D eigenvalue weighted by atomic mass is 35.5. The molecule has 3 amide bonds. The Morgan fingerprint density at radius 3 is 2.47 bits per heavy atom. The average molecular weight is 608 g/mol. The summed E-state index contributed by atoms with van der Waals surface area (Å²) in [5, 5.41) is 0.501. The summed E-state index contributed by atoms with van der Waals surface area (Å²) in [5.74, 6) is 1.23. The van der Waals surface area contributed by atoms with Crippen LogP contribution in [0.3, 0.4) is 0 Å². The van der Waals surface area contributed by atoms with Crippen LogP contribution in [0.5, 0.6) is 11.5 Å². The van der Waals surface area contributed by atoms with Crippen LogP contribution in [0.15, 0.2) is 60.7 Å². The zero-order valence-corrected chi connectivity index (χ0v) is 26.2. The van der Waals surface area contributed by atoms with Gasteiger partial charge in [-0.15, -0.1) is 0 Å². The molecule has 7 nitrogen and oxygen atoms in total. The van der Waals surface area contributed by atoms with Gasteiger partial charge in [-0.1, -0.05) is 35.9 Å². The number of benzene rings is 3. The van der Waals surface area contributed by atoms with E-state index in [-0.39, 0.29) is 23.9 Å². The fourth-order valence-electron chi connectivity index (χ4n) is 5.93. The number of nitrogens with zero attached hydrogens (tertiary/aromatic N) is 3. The lowest BCUT2D eigenvalue weighted by Gasteiger charge is -2.36. The number of ether oxygens (including phenoxy) is 2. The van der Waals surface area contributed by atoms with E-state index in [1.165, 1.54) is 11.6 Å². The Labute approximate surface area is 258 Å². The Bertz CT molecular complexity index is 1500. The van der Waals surface area contributed by atoms with Gasteiger partial charge in [0.25, 0.3) is 0 Å². The number of para-hydroxylation sites is 1. The fraction of sp³-hybridized carbons (Fsp3) is 0.412. The predicted molar refractivity (Wildman–Crippen MR) is 167 cm³/mol. The van der Waals surface area contributed by atoms with Gasteiger partial charge in [0.05, 0.1) is 6.54 Å². The van der Waals surface area contributed by atoms with E-state index in [2.05, 4.69) is 6.07 Å². The second-order valence-corrected chi connectivity index (χ2v) is 12.9. The number of halogens is 2. The fourth-order valence-corrected chi connectivity index (χ4v) is 6.09. The first-order chi connectivity index (χ1) is 20.4. The first-order valence-corrected chi connectivity index (χ1v) is 15.1. The zero-order valence-electron chi connectivity index (χ0n) is 25.4. The second-order valence-electron chi connectivity index (χ2n) is 12.5. The molecule has 1 fully saturated rings. The Morgan fingerprint density at radius 1 is 1.05 bits per heavy atom. The van der Waals surface area contributed by atoms with Crippen molar-refractivity contribution in [1.29, 1.82) is 0 Å². The summed E-state index contributed by atoms with van der Waals surface area (Å²) in [6.45, 7) is 9.47. The van der Waals surface area contributed by atoms with Crippen LogP contribution in [0.25, 0.3) is 0 Å². The van der Waals surface area contributed by atoms with E-state index in [9.17, 15) is 14.0 Å². The largest absolute Gasteiger partial charge is 0.457 e. The molecule has 3 aromatic rings. The topological polar surface area (TPSA) is 62.3 Å². The van der Waals surface area contributed by atoms with Gasteiger partial charge in [-0.3, -0.25) is 4.90 Å². The number of rotatable bonds is 5. The molecule has 0 radical (unpaired) electrons. The summed E-state index contributed by atoms with van der Waals surface area (Å²) >= 11 is 6.29. The molecule has 1 saturated heterocycles. The smallest absolute Gasteiger partial charge is 0.410 e. The summed E-state index contributed by atoms with van der Waals surface area (Å²) in [6.07, 6.45) is 1.44. The molecule has 3 aromatic carbocycles. The summed E-state index contributed by atoms with van der Waals surface area (Å²) in [4.78, 5) is 31.8. The van der Waals surface area contributed by atoms with E-state index in [1.807, 2.05) is 49.9 Å². The maximum Gasteiger partial charge on any atom is 0.410 e. The molecule has 1 unspecified atom stereocenters. The van der Waals surface area contributed by atoms with Gasteiger partial charge in [0, 0.05) is 48.9 Å². The van der Waals surface area contributed by atoms with Gasteiger partial charge in [0.15, 0.2) is 0 Å². The maximum atomic E-state index is 13.9. The van der Waals surface area contributed by atoms with Gasteiger partial charge in [-0.2, -0.15) is 0 Å². The summed E-state index contributed by atoms with van der Waals surface area (Å²) in [7, 11) is 1.78. The molecule has 0 saturated carbocycles. The molecule has 2 heterocycles. The van der Waals surface area contributed by atoms with Gasteiger partial charge in [0.1, 0.15) is 22.9 Å². The number of likely N-dealkylation sites (tertiary alicyclic amines) is 1. The number of amides is 3. The third kappa shape index (κ3) is 7.07. The third-order valence-electron chi connectivity index (χ3n) is 8.12. The van der Waals surface area contributed by atoms with Crippen molar-refractivity contribution in [2.24, 2.45) is 5.92 Å². The van der Waals surface area contributed by atoms with Crippen molar-refractivity contribution in [2.75, 3.05) is 31.6 Å². The van der Waals surface area contributed by atoms with E-state index < -0.39 is 5.60 Å². The molecule has 5 rings (SSSR count). The monoisotopic (exact) mass is 607 g/mol. The number of hydrogen-bond donors (Lipinski definition) is 0. The van der Waals surface area contributed by atoms with Crippen LogP contribution < -0.4 is 9.64 Å². The molecule has 0 aromatic heterocycles. The van der Waals surface area contributed by atoms with Crippen molar-refractivity contribution < 1.29 is 23.5 Å². The van der Waals surface area contributed by atoms with Crippen LogP contribution in [0.4, 0.5) is 19.7 Å². The van der Waals surface area contributed by atoms with Crippen LogP contribution in [0.2, 0.25) is 5.02 Å². The number of piperidine rings is 1. The first kappa shape index (κ1) is 30.7. The van der Waals surface area contributed by atoms with Crippen LogP contribution in [-0.4, -0.2) is 54.2 Å². The lowest BCUT2D eigenvalue weighted by molar-refractivity contribution is 0.0176. The van der Waals surface area contributed by atoms with E-state index in [0.717, 1.165) is 24.1 Å². The minimum absolute atomic E-state index is 0.111. The number of carbonyl (C=O) groups excluding carboxylic acids is 2. The Kier molecular flexibility index (Phi) is 8.88. The van der Waals surface area contributed by atoms with Crippen molar-refractivity contribution in [3.63, 3.8) is 0 Å². The molecule has 0 aliphatic carbocycles.